The van der Waals surface area contributed by atoms with E-state index < -0.39 is 0 Å². The van der Waals surface area contributed by atoms with Crippen molar-refractivity contribution in [1.29, 1.82) is 0 Å². The van der Waals surface area contributed by atoms with E-state index in [4.69, 9.17) is 4.42 Å². The molecule has 0 saturated carbocycles. The second kappa shape index (κ2) is 8.28. The lowest BCUT2D eigenvalue weighted by Gasteiger charge is -2.33. The highest BCUT2D eigenvalue weighted by Gasteiger charge is 2.28. The van der Waals surface area contributed by atoms with Crippen LogP contribution in [0, 0.1) is 0 Å². The third-order valence-electron chi connectivity index (χ3n) is 5.69. The molecule has 0 bridgehead atoms. The summed E-state index contributed by atoms with van der Waals surface area (Å²) in [6.45, 7) is 7.47. The summed E-state index contributed by atoms with van der Waals surface area (Å²) in [7, 11) is 0. The number of hydrogen-bond acceptors (Lipinski definition) is 4. The first kappa shape index (κ1) is 18.3. The number of piperazine rings is 1. The highest BCUT2D eigenvalue weighted by Crippen LogP contribution is 2.24. The smallest absolute Gasteiger partial charge is 0.289 e. The Morgan fingerprint density at radius 1 is 1.19 bits per heavy atom. The van der Waals surface area contributed by atoms with E-state index >= 15 is 0 Å². The SMILES string of the molecule is CCc1oc(C(=O)N2CCN[C@@H](c3ccccc3)C2)cc1CN1CCCC1. The number of aryl methyl sites for hydroxylation is 1. The van der Waals surface area contributed by atoms with Gasteiger partial charge in [0.1, 0.15) is 5.76 Å². The molecule has 0 spiro atoms. The van der Waals surface area contributed by atoms with Crippen LogP contribution in [0.3, 0.4) is 0 Å². The van der Waals surface area contributed by atoms with Crippen molar-refractivity contribution in [1.82, 2.24) is 15.1 Å². The average Bonchev–Trinajstić information content (AvgIpc) is 3.38. The highest BCUT2D eigenvalue weighted by molar-refractivity contribution is 5.92. The Kier molecular flexibility index (Phi) is 5.60. The standard InChI is InChI=1S/C22H29N3O2/c1-2-20-18(15-24-11-6-7-12-24)14-21(27-20)22(26)25-13-10-23-19(16-25)17-8-4-3-5-9-17/h3-5,8-9,14,19,23H,2,6-7,10-13,15-16H2,1H3/t19-/m1/s1. The number of carbonyl (C=O) groups excluding carboxylic acids is 1. The number of amides is 1. The van der Waals surface area contributed by atoms with E-state index in [2.05, 4.69) is 29.3 Å². The molecule has 5 nitrogen and oxygen atoms in total. The molecule has 2 aromatic rings. The van der Waals surface area contributed by atoms with Crippen molar-refractivity contribution in [2.45, 2.75) is 38.8 Å². The first-order chi connectivity index (χ1) is 13.2. The van der Waals surface area contributed by atoms with E-state index in [1.54, 1.807) is 0 Å². The molecule has 2 saturated heterocycles. The quantitative estimate of drug-likeness (QED) is 0.882. The van der Waals surface area contributed by atoms with Crippen molar-refractivity contribution in [3.05, 3.63) is 59.0 Å². The van der Waals surface area contributed by atoms with Gasteiger partial charge in [-0.15, -0.1) is 0 Å². The molecule has 3 heterocycles. The van der Waals surface area contributed by atoms with Gasteiger partial charge in [-0.2, -0.15) is 0 Å². The Hall–Kier alpha value is -2.11. The minimum absolute atomic E-state index is 0.0137. The highest BCUT2D eigenvalue weighted by atomic mass is 16.4. The first-order valence-electron chi connectivity index (χ1n) is 10.2. The van der Waals surface area contributed by atoms with Gasteiger partial charge in [-0.3, -0.25) is 9.69 Å². The van der Waals surface area contributed by atoms with Crippen LogP contribution in [0.25, 0.3) is 0 Å². The van der Waals surface area contributed by atoms with E-state index in [1.807, 2.05) is 29.2 Å². The molecule has 0 unspecified atom stereocenters. The third-order valence-corrected chi connectivity index (χ3v) is 5.69. The molecular weight excluding hydrogens is 338 g/mol. The molecular formula is C22H29N3O2. The van der Waals surface area contributed by atoms with Gasteiger partial charge in [0.2, 0.25) is 0 Å². The summed E-state index contributed by atoms with van der Waals surface area (Å²) in [6, 6.07) is 12.5. The van der Waals surface area contributed by atoms with Gasteiger partial charge in [0.25, 0.3) is 5.91 Å². The van der Waals surface area contributed by atoms with Gasteiger partial charge in [-0.05, 0) is 37.6 Å². The van der Waals surface area contributed by atoms with Crippen LogP contribution in [0.1, 0.15) is 53.2 Å². The normalized spacial score (nSPS) is 20.9. The average molecular weight is 367 g/mol. The summed E-state index contributed by atoms with van der Waals surface area (Å²) in [6.07, 6.45) is 3.37. The summed E-state index contributed by atoms with van der Waals surface area (Å²) in [5.74, 6) is 1.47. The Morgan fingerprint density at radius 3 is 2.70 bits per heavy atom. The summed E-state index contributed by atoms with van der Waals surface area (Å²) < 4.78 is 5.99. The van der Waals surface area contributed by atoms with Gasteiger partial charge in [-0.25, -0.2) is 0 Å². The number of nitrogens with zero attached hydrogens (tertiary/aromatic N) is 2. The molecule has 5 heteroatoms. The topological polar surface area (TPSA) is 48.7 Å². The molecule has 2 aliphatic heterocycles. The Bertz CT molecular complexity index is 765. The lowest BCUT2D eigenvalue weighted by Crippen LogP contribution is -2.48. The maximum Gasteiger partial charge on any atom is 0.289 e. The van der Waals surface area contributed by atoms with Crippen LogP contribution in [-0.4, -0.2) is 48.4 Å². The largest absolute Gasteiger partial charge is 0.456 e. The zero-order valence-electron chi connectivity index (χ0n) is 16.1. The zero-order valence-corrected chi connectivity index (χ0v) is 16.1. The predicted octanol–water partition coefficient (Wildman–Crippen LogP) is 3.22. The number of hydrogen-bond donors (Lipinski definition) is 1. The molecule has 1 atom stereocenters. The molecule has 0 radical (unpaired) electrons. The zero-order chi connectivity index (χ0) is 18.6. The number of benzene rings is 1. The van der Waals surface area contributed by atoms with E-state index in [-0.39, 0.29) is 11.9 Å². The third kappa shape index (κ3) is 4.09. The number of furan rings is 1. The Morgan fingerprint density at radius 2 is 1.96 bits per heavy atom. The second-order valence-corrected chi connectivity index (χ2v) is 7.56. The van der Waals surface area contributed by atoms with Crippen molar-refractivity contribution >= 4 is 5.91 Å². The number of nitrogens with one attached hydrogen (secondary N) is 1. The minimum Gasteiger partial charge on any atom is -0.456 e. The van der Waals surface area contributed by atoms with Crippen LogP contribution >= 0.6 is 0 Å². The maximum atomic E-state index is 13.1. The molecule has 1 amide bonds. The second-order valence-electron chi connectivity index (χ2n) is 7.56. The van der Waals surface area contributed by atoms with Crippen molar-refractivity contribution < 1.29 is 9.21 Å². The van der Waals surface area contributed by atoms with Crippen molar-refractivity contribution in [3.63, 3.8) is 0 Å². The molecule has 2 aliphatic rings. The summed E-state index contributed by atoms with van der Waals surface area (Å²) in [4.78, 5) is 17.5. The first-order valence-corrected chi connectivity index (χ1v) is 10.2. The summed E-state index contributed by atoms with van der Waals surface area (Å²) >= 11 is 0. The monoisotopic (exact) mass is 367 g/mol. The van der Waals surface area contributed by atoms with E-state index in [1.165, 1.54) is 24.0 Å². The fraction of sp³-hybridized carbons (Fsp3) is 0.500. The maximum absolute atomic E-state index is 13.1. The summed E-state index contributed by atoms with van der Waals surface area (Å²) in [5, 5.41) is 3.52. The van der Waals surface area contributed by atoms with Gasteiger partial charge >= 0.3 is 0 Å². The number of carbonyl (C=O) groups is 1. The van der Waals surface area contributed by atoms with Crippen LogP contribution in [0.15, 0.2) is 40.8 Å². The molecule has 1 aromatic heterocycles. The molecule has 1 N–H and O–H groups in total. The lowest BCUT2D eigenvalue weighted by atomic mass is 10.0. The summed E-state index contributed by atoms with van der Waals surface area (Å²) in [5.41, 5.74) is 2.40. The lowest BCUT2D eigenvalue weighted by molar-refractivity contribution is 0.0669. The number of likely N-dealkylation sites (tertiary alicyclic amines) is 1. The van der Waals surface area contributed by atoms with Gasteiger partial charge in [0.05, 0.1) is 0 Å². The van der Waals surface area contributed by atoms with Gasteiger partial charge in [0, 0.05) is 44.2 Å². The van der Waals surface area contributed by atoms with Crippen LogP contribution in [-0.2, 0) is 13.0 Å². The van der Waals surface area contributed by atoms with Gasteiger partial charge in [0.15, 0.2) is 5.76 Å². The van der Waals surface area contributed by atoms with Crippen LogP contribution in [0.2, 0.25) is 0 Å². The van der Waals surface area contributed by atoms with E-state index in [9.17, 15) is 4.79 Å². The van der Waals surface area contributed by atoms with E-state index in [0.29, 0.717) is 18.8 Å². The fourth-order valence-corrected chi connectivity index (χ4v) is 4.19. The Balaban J connectivity index is 1.47. The van der Waals surface area contributed by atoms with Gasteiger partial charge in [-0.1, -0.05) is 37.3 Å². The van der Waals surface area contributed by atoms with Crippen LogP contribution in [0.4, 0.5) is 0 Å². The molecule has 4 rings (SSSR count). The van der Waals surface area contributed by atoms with Gasteiger partial charge < -0.3 is 14.6 Å². The Labute approximate surface area is 161 Å². The molecule has 1 aromatic carbocycles. The molecule has 144 valence electrons. The minimum atomic E-state index is 0.0137. The van der Waals surface area contributed by atoms with E-state index in [0.717, 1.165) is 38.4 Å². The van der Waals surface area contributed by atoms with Crippen molar-refractivity contribution in [2.24, 2.45) is 0 Å². The predicted molar refractivity (Wildman–Crippen MR) is 106 cm³/mol. The number of rotatable bonds is 5. The van der Waals surface area contributed by atoms with Crippen LogP contribution in [0.5, 0.6) is 0 Å². The van der Waals surface area contributed by atoms with Crippen LogP contribution < -0.4 is 5.32 Å². The molecule has 2 fully saturated rings. The molecule has 27 heavy (non-hydrogen) atoms. The molecule has 0 aliphatic carbocycles. The van der Waals surface area contributed by atoms with Crippen molar-refractivity contribution in [3.8, 4) is 0 Å². The fourth-order valence-electron chi connectivity index (χ4n) is 4.19. The van der Waals surface area contributed by atoms with Crippen molar-refractivity contribution in [2.75, 3.05) is 32.7 Å².